The second-order valence-electron chi connectivity index (χ2n) is 7.41. The molecule has 2 aliphatic rings. The smallest absolute Gasteiger partial charge is 0.360 e. The van der Waals surface area contributed by atoms with Crippen LogP contribution in [-0.4, -0.2) is 0 Å². The van der Waals surface area contributed by atoms with Gasteiger partial charge in [0, 0.05) is 0 Å². The van der Waals surface area contributed by atoms with E-state index in [1.807, 2.05) is 24.3 Å². The summed E-state index contributed by atoms with van der Waals surface area (Å²) < 4.78 is 51.5. The van der Waals surface area contributed by atoms with Crippen LogP contribution in [0.2, 0.25) is 0 Å². The minimum Gasteiger partial charge on any atom is -0.465 e. The Hall–Kier alpha value is -2.68. The molecule has 0 aliphatic heterocycles. The average molecular weight is 445 g/mol. The Morgan fingerprint density at radius 2 is 1.19 bits per heavy atom. The number of halogens is 1. The van der Waals surface area contributed by atoms with Gasteiger partial charge in [-0.1, -0.05) is 0 Å². The van der Waals surface area contributed by atoms with Gasteiger partial charge in [-0.3, -0.25) is 0 Å². The van der Waals surface area contributed by atoms with Crippen LogP contribution >= 0.6 is 0 Å². The lowest BCUT2D eigenvalue weighted by atomic mass is 9.86. The van der Waals surface area contributed by atoms with Crippen LogP contribution in [0.3, 0.4) is 0 Å². The summed E-state index contributed by atoms with van der Waals surface area (Å²) in [6, 6.07) is 10.2. The lowest BCUT2D eigenvalue weighted by molar-refractivity contribution is -2.00. The molecule has 0 unspecified atom stereocenters. The third-order valence-corrected chi connectivity index (χ3v) is 5.22. The first-order valence-electron chi connectivity index (χ1n) is 9.96. The lowest BCUT2D eigenvalue weighted by Crippen LogP contribution is -2.68. The summed E-state index contributed by atoms with van der Waals surface area (Å²) in [5.74, 6) is 3.82. The standard InChI is InChI=1S/C23H21O3.ClHO4/c1-5-16-13-17-6-2-8-19(15-21-10-4-12-25-21)23(17)26-22(16)18(7-1)14-20-9-3-11-24-20;2-1(3,4)5/h3-4,9-15H,1-2,5-8H2;(H,2,3,4,5)/q+1;/p-1. The van der Waals surface area contributed by atoms with Crippen molar-refractivity contribution in [2.24, 2.45) is 0 Å². The quantitative estimate of drug-likeness (QED) is 0.550. The Kier molecular flexibility index (Phi) is 6.41. The minimum absolute atomic E-state index is 0.882. The summed E-state index contributed by atoms with van der Waals surface area (Å²) in [4.78, 5) is 0. The SMILES string of the molecule is C(=C1/CCCc2cc3c([o+]c21)/C(=C/c1ccco1)CCC3)/c1ccco1.[O-][Cl+3]([O-])([O-])[O-]. The Morgan fingerprint density at radius 3 is 1.58 bits per heavy atom. The number of hydrogen-bond donors (Lipinski definition) is 0. The summed E-state index contributed by atoms with van der Waals surface area (Å²) in [5.41, 5.74) is 5.11. The number of aryl methyl sites for hydroxylation is 2. The largest absolute Gasteiger partial charge is 0.465 e. The number of hydrogen-bond acceptors (Lipinski definition) is 6. The molecule has 5 rings (SSSR count). The molecule has 31 heavy (non-hydrogen) atoms. The molecular formula is C23H21ClO7. The first kappa shape index (κ1) is 21.5. The molecule has 0 bridgehead atoms. The van der Waals surface area contributed by atoms with Gasteiger partial charge in [0.25, 0.3) is 0 Å². The Morgan fingerprint density at radius 1 is 0.742 bits per heavy atom. The van der Waals surface area contributed by atoms with E-state index in [4.69, 9.17) is 31.9 Å². The monoisotopic (exact) mass is 444 g/mol. The first-order valence-corrected chi connectivity index (χ1v) is 11.2. The van der Waals surface area contributed by atoms with Crippen LogP contribution in [0.4, 0.5) is 0 Å². The third-order valence-electron chi connectivity index (χ3n) is 5.22. The summed E-state index contributed by atoms with van der Waals surface area (Å²) in [6.45, 7) is 0. The first-order chi connectivity index (χ1) is 14.9. The molecule has 3 heterocycles. The van der Waals surface area contributed by atoms with Gasteiger partial charge in [-0.2, -0.15) is 0 Å². The summed E-state index contributed by atoms with van der Waals surface area (Å²) >= 11 is 0. The molecule has 0 fully saturated rings. The van der Waals surface area contributed by atoms with E-state index in [1.165, 1.54) is 22.3 Å². The summed E-state index contributed by atoms with van der Waals surface area (Å²) in [6.07, 6.45) is 14.2. The molecule has 3 aromatic rings. The molecule has 0 aromatic carbocycles. The number of fused-ring (bicyclic) bond motifs is 2. The molecule has 0 spiro atoms. The van der Waals surface area contributed by atoms with E-state index in [-0.39, 0.29) is 0 Å². The van der Waals surface area contributed by atoms with Gasteiger partial charge in [0.15, 0.2) is 0 Å². The maximum atomic E-state index is 8.49. The van der Waals surface area contributed by atoms with Crippen LogP contribution in [0.5, 0.6) is 0 Å². The molecule has 0 atom stereocenters. The maximum absolute atomic E-state index is 8.49. The van der Waals surface area contributed by atoms with Crippen LogP contribution < -0.4 is 18.6 Å². The highest BCUT2D eigenvalue weighted by Crippen LogP contribution is 2.39. The number of rotatable bonds is 2. The van der Waals surface area contributed by atoms with Crippen molar-refractivity contribution in [3.05, 3.63) is 77.0 Å². The van der Waals surface area contributed by atoms with Crippen LogP contribution in [-0.2, 0) is 12.8 Å². The highest BCUT2D eigenvalue weighted by molar-refractivity contribution is 5.83. The molecule has 0 radical (unpaired) electrons. The molecule has 8 heteroatoms. The normalized spacial score (nSPS) is 18.3. The van der Waals surface area contributed by atoms with Gasteiger partial charge in [0.1, 0.15) is 11.5 Å². The second kappa shape index (κ2) is 9.21. The van der Waals surface area contributed by atoms with Crippen molar-refractivity contribution in [3.8, 4) is 0 Å². The lowest BCUT2D eigenvalue weighted by Gasteiger charge is -2.17. The summed E-state index contributed by atoms with van der Waals surface area (Å²) in [5, 5.41) is 0. The topological polar surface area (TPSA) is 130 Å². The van der Waals surface area contributed by atoms with Crippen LogP contribution in [0, 0.1) is 10.2 Å². The molecule has 2 aliphatic carbocycles. The molecule has 0 N–H and O–H groups in total. The predicted molar refractivity (Wildman–Crippen MR) is 102 cm³/mol. The minimum atomic E-state index is -4.94. The fraction of sp³-hybridized carbons (Fsp3) is 0.261. The van der Waals surface area contributed by atoms with Crippen molar-refractivity contribution in [2.45, 2.75) is 38.5 Å². The van der Waals surface area contributed by atoms with Crippen molar-refractivity contribution in [2.75, 3.05) is 0 Å². The van der Waals surface area contributed by atoms with Crippen molar-refractivity contribution >= 4 is 23.3 Å². The van der Waals surface area contributed by atoms with Crippen molar-refractivity contribution in [3.63, 3.8) is 0 Å². The molecular weight excluding hydrogens is 424 g/mol. The fourth-order valence-electron chi connectivity index (χ4n) is 4.02. The van der Waals surface area contributed by atoms with Gasteiger partial charge in [-0.25, -0.2) is 23.1 Å². The molecule has 7 nitrogen and oxygen atoms in total. The van der Waals surface area contributed by atoms with E-state index >= 15 is 0 Å². The highest BCUT2D eigenvalue weighted by Gasteiger charge is 2.33. The molecule has 0 saturated heterocycles. The fourth-order valence-corrected chi connectivity index (χ4v) is 4.02. The van der Waals surface area contributed by atoms with E-state index in [2.05, 4.69) is 18.2 Å². The second-order valence-corrected chi connectivity index (χ2v) is 8.17. The van der Waals surface area contributed by atoms with E-state index in [9.17, 15) is 0 Å². The van der Waals surface area contributed by atoms with Crippen LogP contribution in [0.25, 0.3) is 23.3 Å². The number of allylic oxidation sites excluding steroid dienone is 2. The van der Waals surface area contributed by atoms with Crippen molar-refractivity contribution in [1.82, 2.24) is 0 Å². The van der Waals surface area contributed by atoms with E-state index in [0.29, 0.717) is 0 Å². The van der Waals surface area contributed by atoms with Gasteiger partial charge in [0.2, 0.25) is 0 Å². The third kappa shape index (κ3) is 5.72. The van der Waals surface area contributed by atoms with Gasteiger partial charge in [-0.05, 0) is 81.0 Å². The molecule has 162 valence electrons. The van der Waals surface area contributed by atoms with Crippen molar-refractivity contribution in [1.29, 1.82) is 0 Å². The van der Waals surface area contributed by atoms with Gasteiger partial charge in [0.05, 0.1) is 34.8 Å². The van der Waals surface area contributed by atoms with E-state index < -0.39 is 10.2 Å². The van der Waals surface area contributed by atoms with Crippen LogP contribution in [0.1, 0.15) is 59.9 Å². The predicted octanol–water partition coefficient (Wildman–Crippen LogP) is 1.74. The van der Waals surface area contributed by atoms with E-state index in [1.54, 1.807) is 12.5 Å². The highest BCUT2D eigenvalue weighted by atomic mass is 35.7. The molecule has 3 aromatic heterocycles. The number of furan rings is 2. The maximum Gasteiger partial charge on any atom is 0.360 e. The van der Waals surface area contributed by atoms with Crippen LogP contribution in [0.15, 0.2) is 56.1 Å². The van der Waals surface area contributed by atoms with Gasteiger partial charge < -0.3 is 8.83 Å². The van der Waals surface area contributed by atoms with Crippen molar-refractivity contribution < 1.29 is 42.1 Å². The zero-order valence-corrected chi connectivity index (χ0v) is 17.4. The Balaban J connectivity index is 0.000000418. The zero-order valence-electron chi connectivity index (χ0n) is 16.7. The zero-order chi connectivity index (χ0) is 21.8. The molecule has 0 saturated carbocycles. The Bertz CT molecular complexity index is 991. The van der Waals surface area contributed by atoms with Gasteiger partial charge in [-0.15, -0.1) is 10.2 Å². The Labute approximate surface area is 181 Å². The summed E-state index contributed by atoms with van der Waals surface area (Å²) in [7, 11) is -4.94. The van der Waals surface area contributed by atoms with E-state index in [0.717, 1.165) is 61.6 Å². The molecule has 0 amide bonds. The average Bonchev–Trinajstić information content (AvgIpc) is 3.40. The van der Waals surface area contributed by atoms with Gasteiger partial charge >= 0.3 is 11.5 Å².